The highest BCUT2D eigenvalue weighted by Gasteiger charge is 2.06. The summed E-state index contributed by atoms with van der Waals surface area (Å²) in [6.45, 7) is 7.27. The molecule has 0 aliphatic carbocycles. The summed E-state index contributed by atoms with van der Waals surface area (Å²) >= 11 is 0. The summed E-state index contributed by atoms with van der Waals surface area (Å²) in [5.74, 6) is 0. The van der Waals surface area contributed by atoms with E-state index in [1.54, 1.807) is 0 Å². The maximum Gasteiger partial charge on any atom is 0.0871 e. The van der Waals surface area contributed by atoms with Crippen molar-refractivity contribution in [2.24, 2.45) is 0 Å². The second-order valence-electron chi connectivity index (χ2n) is 9.21. The average Bonchev–Trinajstić information content (AvgIpc) is 2.76. The molecular weight excluding hydrogens is 364 g/mol. The number of unbranched alkanes of at least 4 members (excludes halogenated alkanes) is 7. The van der Waals surface area contributed by atoms with Crippen molar-refractivity contribution < 1.29 is 10.6 Å². The van der Waals surface area contributed by atoms with Gasteiger partial charge in [-0.25, -0.2) is 0 Å². The van der Waals surface area contributed by atoms with E-state index in [0.29, 0.717) is 12.1 Å². The zero-order valence-electron chi connectivity index (χ0n) is 19.6. The molecule has 2 rings (SSSR count). The van der Waals surface area contributed by atoms with Gasteiger partial charge in [0.15, 0.2) is 0 Å². The number of hydrogen-bond acceptors (Lipinski definition) is 0. The summed E-state index contributed by atoms with van der Waals surface area (Å²) in [4.78, 5) is 0. The van der Waals surface area contributed by atoms with Crippen molar-refractivity contribution in [1.29, 1.82) is 0 Å². The molecule has 2 aromatic rings. The van der Waals surface area contributed by atoms with E-state index in [2.05, 4.69) is 85.1 Å². The molecule has 0 bridgehead atoms. The first-order valence-corrected chi connectivity index (χ1v) is 12.5. The van der Waals surface area contributed by atoms with Gasteiger partial charge in [0.1, 0.15) is 0 Å². The van der Waals surface area contributed by atoms with E-state index >= 15 is 0 Å². The van der Waals surface area contributed by atoms with Crippen LogP contribution in [-0.4, -0.2) is 25.2 Å². The van der Waals surface area contributed by atoms with E-state index in [1.165, 1.54) is 88.4 Å². The molecule has 0 heterocycles. The van der Waals surface area contributed by atoms with E-state index < -0.39 is 0 Å². The van der Waals surface area contributed by atoms with Gasteiger partial charge in [0.25, 0.3) is 0 Å². The molecule has 0 unspecified atom stereocenters. The molecule has 0 amide bonds. The van der Waals surface area contributed by atoms with Crippen LogP contribution >= 0.6 is 0 Å². The topological polar surface area (TPSA) is 33.2 Å². The fraction of sp³-hybridized carbons (Fsp3) is 0.571. The fourth-order valence-electron chi connectivity index (χ4n) is 4.29. The van der Waals surface area contributed by atoms with E-state index in [4.69, 9.17) is 0 Å². The predicted molar refractivity (Wildman–Crippen MR) is 130 cm³/mol. The van der Waals surface area contributed by atoms with Gasteiger partial charge in [-0.1, -0.05) is 86.3 Å². The molecule has 0 aliphatic heterocycles. The molecule has 30 heavy (non-hydrogen) atoms. The smallest absolute Gasteiger partial charge is 0.0871 e. The van der Waals surface area contributed by atoms with Gasteiger partial charge < -0.3 is 10.6 Å². The van der Waals surface area contributed by atoms with E-state index in [9.17, 15) is 0 Å². The number of quaternary nitrogens is 2. The Hall–Kier alpha value is -1.64. The Morgan fingerprint density at radius 2 is 0.833 bits per heavy atom. The van der Waals surface area contributed by atoms with Crippen molar-refractivity contribution in [1.82, 2.24) is 0 Å². The summed E-state index contributed by atoms with van der Waals surface area (Å²) in [5, 5.41) is 5.06. The van der Waals surface area contributed by atoms with Crippen LogP contribution in [0.3, 0.4) is 0 Å². The van der Waals surface area contributed by atoms with Gasteiger partial charge in [-0.05, 0) is 50.7 Å². The van der Waals surface area contributed by atoms with Crippen LogP contribution in [0.2, 0.25) is 0 Å². The molecule has 2 atom stereocenters. The van der Waals surface area contributed by atoms with E-state index in [-0.39, 0.29) is 0 Å². The lowest BCUT2D eigenvalue weighted by Crippen LogP contribution is -2.89. The highest BCUT2D eigenvalue weighted by atomic mass is 14.9. The molecule has 4 N–H and O–H groups in total. The van der Waals surface area contributed by atoms with Crippen LogP contribution in [-0.2, 0) is 12.8 Å². The SMILES string of the molecule is C[C@H](Cc1ccccc1)[NH2+]CCCCCCCCCC[NH2+][C@@H](C)Cc1ccccc1. The van der Waals surface area contributed by atoms with Crippen LogP contribution in [0.5, 0.6) is 0 Å². The Balaban J connectivity index is 1.32. The Morgan fingerprint density at radius 3 is 1.20 bits per heavy atom. The van der Waals surface area contributed by atoms with Crippen molar-refractivity contribution in [3.63, 3.8) is 0 Å². The highest BCUT2D eigenvalue weighted by molar-refractivity contribution is 5.15. The Bertz CT molecular complexity index is 568. The molecule has 0 saturated carbocycles. The lowest BCUT2D eigenvalue weighted by Gasteiger charge is -2.11. The summed E-state index contributed by atoms with van der Waals surface area (Å²) < 4.78 is 0. The van der Waals surface area contributed by atoms with Crippen molar-refractivity contribution >= 4 is 0 Å². The molecule has 2 nitrogen and oxygen atoms in total. The molecular formula is C28H46N2+2. The van der Waals surface area contributed by atoms with Crippen LogP contribution in [0.1, 0.15) is 76.3 Å². The molecule has 0 radical (unpaired) electrons. The second-order valence-corrected chi connectivity index (χ2v) is 9.21. The molecule has 0 aromatic heterocycles. The average molecular weight is 411 g/mol. The van der Waals surface area contributed by atoms with Crippen LogP contribution < -0.4 is 10.6 Å². The third-order valence-corrected chi connectivity index (χ3v) is 6.10. The molecule has 2 aromatic carbocycles. The number of benzene rings is 2. The third-order valence-electron chi connectivity index (χ3n) is 6.10. The van der Waals surface area contributed by atoms with Crippen molar-refractivity contribution in [3.8, 4) is 0 Å². The Labute approximate surface area is 185 Å². The zero-order valence-corrected chi connectivity index (χ0v) is 19.6. The van der Waals surface area contributed by atoms with Gasteiger partial charge in [0.2, 0.25) is 0 Å². The normalized spacial score (nSPS) is 13.3. The van der Waals surface area contributed by atoms with Crippen molar-refractivity contribution in [2.45, 2.75) is 90.1 Å². The number of nitrogens with two attached hydrogens (primary N) is 2. The molecule has 166 valence electrons. The Kier molecular flexibility index (Phi) is 13.2. The molecule has 0 aliphatic rings. The van der Waals surface area contributed by atoms with Crippen molar-refractivity contribution in [2.75, 3.05) is 13.1 Å². The minimum absolute atomic E-state index is 0.694. The van der Waals surface area contributed by atoms with Gasteiger partial charge >= 0.3 is 0 Å². The lowest BCUT2D eigenvalue weighted by atomic mass is 10.1. The zero-order chi connectivity index (χ0) is 21.3. The van der Waals surface area contributed by atoms with Gasteiger partial charge in [0, 0.05) is 12.8 Å². The number of hydrogen-bond donors (Lipinski definition) is 2. The predicted octanol–water partition coefficient (Wildman–Crippen LogP) is 4.50. The van der Waals surface area contributed by atoms with Gasteiger partial charge in [-0.15, -0.1) is 0 Å². The second kappa shape index (κ2) is 16.1. The van der Waals surface area contributed by atoms with E-state index in [1.807, 2.05) is 0 Å². The molecule has 0 saturated heterocycles. The fourth-order valence-corrected chi connectivity index (χ4v) is 4.29. The van der Waals surface area contributed by atoms with E-state index in [0.717, 1.165) is 0 Å². The minimum Gasteiger partial charge on any atom is -0.344 e. The third kappa shape index (κ3) is 12.1. The maximum absolute atomic E-state index is 2.53. The minimum atomic E-state index is 0.694. The summed E-state index contributed by atoms with van der Waals surface area (Å²) in [5.41, 5.74) is 2.93. The first-order valence-electron chi connectivity index (χ1n) is 12.5. The van der Waals surface area contributed by atoms with Gasteiger partial charge in [-0.2, -0.15) is 0 Å². The molecule has 2 heteroatoms. The standard InChI is InChI=1S/C28H44N2/c1-25(23-27-17-11-9-12-18-27)29-21-15-7-5-3-4-6-8-16-22-30-26(2)24-28-19-13-10-14-20-28/h9-14,17-20,25-26,29-30H,3-8,15-16,21-24H2,1-2H3/p+2/t25-,26+. The first-order chi connectivity index (χ1) is 14.7. The summed E-state index contributed by atoms with van der Waals surface area (Å²) in [6.07, 6.45) is 13.6. The monoisotopic (exact) mass is 410 g/mol. The van der Waals surface area contributed by atoms with Crippen LogP contribution in [0, 0.1) is 0 Å². The largest absolute Gasteiger partial charge is 0.344 e. The first kappa shape index (κ1) is 24.6. The summed E-state index contributed by atoms with van der Waals surface area (Å²) in [7, 11) is 0. The van der Waals surface area contributed by atoms with Crippen LogP contribution in [0.4, 0.5) is 0 Å². The maximum atomic E-state index is 2.53. The van der Waals surface area contributed by atoms with Crippen LogP contribution in [0.15, 0.2) is 60.7 Å². The number of rotatable bonds is 17. The van der Waals surface area contributed by atoms with Gasteiger partial charge in [-0.3, -0.25) is 0 Å². The van der Waals surface area contributed by atoms with Crippen LogP contribution in [0.25, 0.3) is 0 Å². The Morgan fingerprint density at radius 1 is 0.500 bits per heavy atom. The molecule has 0 spiro atoms. The quantitative estimate of drug-likeness (QED) is 0.360. The lowest BCUT2D eigenvalue weighted by molar-refractivity contribution is -0.686. The molecule has 0 fully saturated rings. The highest BCUT2D eigenvalue weighted by Crippen LogP contribution is 2.08. The van der Waals surface area contributed by atoms with Gasteiger partial charge in [0.05, 0.1) is 25.2 Å². The van der Waals surface area contributed by atoms with Crippen molar-refractivity contribution in [3.05, 3.63) is 71.8 Å². The summed E-state index contributed by atoms with van der Waals surface area (Å²) in [6, 6.07) is 23.1.